The monoisotopic (exact) mass is 730 g/mol. The summed E-state index contributed by atoms with van der Waals surface area (Å²) in [5.74, 6) is 1.94. The summed E-state index contributed by atoms with van der Waals surface area (Å²) in [5.41, 5.74) is 12.0. The zero-order valence-electron chi connectivity index (χ0n) is 30.9. The number of hydrogen-bond acceptors (Lipinski definition) is 5. The quantitative estimate of drug-likeness (QED) is 0.159. The minimum atomic E-state index is 0.635. The Balaban J connectivity index is 0.956. The van der Waals surface area contributed by atoms with Crippen molar-refractivity contribution >= 4 is 49.2 Å². The van der Waals surface area contributed by atoms with Gasteiger partial charge in [-0.2, -0.15) is 0 Å². The first-order valence-electron chi connectivity index (χ1n) is 19.4. The van der Waals surface area contributed by atoms with Crippen molar-refractivity contribution < 1.29 is 4.42 Å². The summed E-state index contributed by atoms with van der Waals surface area (Å²) in [6.07, 6.45) is 8.63. The molecule has 7 aromatic carbocycles. The van der Waals surface area contributed by atoms with Crippen molar-refractivity contribution in [3.63, 3.8) is 0 Å². The van der Waals surface area contributed by atoms with E-state index in [-0.39, 0.29) is 0 Å². The average Bonchev–Trinajstić information content (AvgIpc) is 3.69. The molecule has 0 spiro atoms. The number of hydrogen-bond donors (Lipinski definition) is 0. The number of nitrogens with zero attached hydrogens (tertiary/aromatic N) is 4. The Morgan fingerprint density at radius 3 is 1.81 bits per heavy atom. The zero-order chi connectivity index (χ0) is 37.7. The maximum absolute atomic E-state index is 6.59. The van der Waals surface area contributed by atoms with E-state index in [2.05, 4.69) is 140 Å². The highest BCUT2D eigenvalue weighted by molar-refractivity contribution is 6.27. The second kappa shape index (κ2) is 13.7. The van der Waals surface area contributed by atoms with E-state index in [0.717, 1.165) is 84.8 Å². The van der Waals surface area contributed by atoms with Crippen LogP contribution in [0.25, 0.3) is 106 Å². The molecule has 1 aliphatic rings. The molecule has 3 heterocycles. The number of pyridine rings is 1. The molecule has 3 aromatic heterocycles. The highest BCUT2D eigenvalue weighted by Gasteiger charge is 2.20. The van der Waals surface area contributed by atoms with Crippen molar-refractivity contribution in [3.05, 3.63) is 188 Å². The van der Waals surface area contributed by atoms with E-state index in [9.17, 15) is 0 Å². The molecule has 0 amide bonds. The van der Waals surface area contributed by atoms with Gasteiger partial charge in [0.05, 0.1) is 5.52 Å². The maximum atomic E-state index is 6.59. The molecule has 0 N–H and O–H groups in total. The number of fused-ring (bicyclic) bond motifs is 7. The minimum absolute atomic E-state index is 0.635. The summed E-state index contributed by atoms with van der Waals surface area (Å²) in [4.78, 5) is 20.2. The Kier molecular flexibility index (Phi) is 7.88. The third-order valence-corrected chi connectivity index (χ3v) is 11.0. The number of benzene rings is 7. The largest absolute Gasteiger partial charge is 0.454 e. The molecule has 0 saturated carbocycles. The van der Waals surface area contributed by atoms with Crippen LogP contribution in [0.5, 0.6) is 0 Å². The number of para-hydroxylation sites is 1. The fraction of sp³-hybridized carbons (Fsp3) is 0.0385. The minimum Gasteiger partial charge on any atom is -0.454 e. The van der Waals surface area contributed by atoms with Crippen LogP contribution in [0.1, 0.15) is 18.4 Å². The standard InChI is InChI=1S/C52H34N4O/c1-3-12-33(13-4-1)40-17-11-18-41(32-40)52-55-50(38-15-5-2-6-16-38)54-51(56-52)39-28-24-35(25-29-39)34-22-26-37(27-23-34)48-49-47(43-20-9-10-21-45(43)57-49)46-42-19-8-7-14-36(42)30-31-44(46)53-48/h1-3,5-12,14-32H,4,13H2. The van der Waals surface area contributed by atoms with Crippen LogP contribution in [-0.2, 0) is 0 Å². The van der Waals surface area contributed by atoms with E-state index in [4.69, 9.17) is 24.4 Å². The lowest BCUT2D eigenvalue weighted by atomic mass is 9.96. The van der Waals surface area contributed by atoms with Gasteiger partial charge >= 0.3 is 0 Å². The molecule has 0 atom stereocenters. The fourth-order valence-electron chi connectivity index (χ4n) is 8.13. The van der Waals surface area contributed by atoms with Crippen molar-refractivity contribution in [2.45, 2.75) is 12.8 Å². The molecule has 5 nitrogen and oxygen atoms in total. The average molecular weight is 731 g/mol. The predicted octanol–water partition coefficient (Wildman–Crippen LogP) is 13.5. The highest BCUT2D eigenvalue weighted by Crippen LogP contribution is 2.42. The lowest BCUT2D eigenvalue weighted by Crippen LogP contribution is -2.00. The Morgan fingerprint density at radius 2 is 1.05 bits per heavy atom. The van der Waals surface area contributed by atoms with Crippen LogP contribution in [0.3, 0.4) is 0 Å². The molecule has 1 aliphatic carbocycles. The van der Waals surface area contributed by atoms with E-state index < -0.39 is 0 Å². The number of furan rings is 1. The molecule has 0 bridgehead atoms. The van der Waals surface area contributed by atoms with Gasteiger partial charge in [-0.1, -0.05) is 164 Å². The summed E-state index contributed by atoms with van der Waals surface area (Å²) in [6.45, 7) is 0. The smallest absolute Gasteiger partial charge is 0.164 e. The summed E-state index contributed by atoms with van der Waals surface area (Å²) in [5, 5.41) is 5.68. The maximum Gasteiger partial charge on any atom is 0.164 e. The van der Waals surface area contributed by atoms with Crippen LogP contribution in [0, 0.1) is 0 Å². The molecule has 0 aliphatic heterocycles. The van der Waals surface area contributed by atoms with Crippen molar-refractivity contribution in [2.24, 2.45) is 0 Å². The molecule has 0 fully saturated rings. The molecule has 0 saturated heterocycles. The molecule has 11 rings (SSSR count). The third kappa shape index (κ3) is 5.88. The first-order chi connectivity index (χ1) is 28.2. The van der Waals surface area contributed by atoms with Gasteiger partial charge in [0.2, 0.25) is 0 Å². The Morgan fingerprint density at radius 1 is 0.439 bits per heavy atom. The van der Waals surface area contributed by atoms with Crippen molar-refractivity contribution in [1.82, 2.24) is 19.9 Å². The zero-order valence-corrected chi connectivity index (χ0v) is 30.9. The van der Waals surface area contributed by atoms with Crippen molar-refractivity contribution in [2.75, 3.05) is 0 Å². The summed E-state index contributed by atoms with van der Waals surface area (Å²) >= 11 is 0. The topological polar surface area (TPSA) is 64.7 Å². The Hall–Kier alpha value is -7.50. The number of rotatable bonds is 6. The van der Waals surface area contributed by atoms with Gasteiger partial charge in [0, 0.05) is 38.4 Å². The first kappa shape index (κ1) is 32.9. The first-order valence-corrected chi connectivity index (χ1v) is 19.4. The molecular weight excluding hydrogens is 697 g/mol. The normalized spacial score (nSPS) is 12.8. The van der Waals surface area contributed by atoms with E-state index >= 15 is 0 Å². The van der Waals surface area contributed by atoms with Gasteiger partial charge in [0.25, 0.3) is 0 Å². The van der Waals surface area contributed by atoms with Crippen molar-refractivity contribution in [3.8, 4) is 56.5 Å². The van der Waals surface area contributed by atoms with Gasteiger partial charge in [-0.3, -0.25) is 0 Å². The van der Waals surface area contributed by atoms with Crippen LogP contribution in [-0.4, -0.2) is 19.9 Å². The van der Waals surface area contributed by atoms with E-state index in [1.807, 2.05) is 42.5 Å². The lowest BCUT2D eigenvalue weighted by molar-refractivity contribution is 0.669. The molecule has 0 radical (unpaired) electrons. The molecule has 268 valence electrons. The Bertz CT molecular complexity index is 3220. The second-order valence-corrected chi connectivity index (χ2v) is 14.5. The molecule has 0 unspecified atom stereocenters. The SMILES string of the molecule is C1=CCCC(c2cccc(-c3nc(-c4ccccc4)nc(-c4ccc(-c5ccc(-c6nc7ccc8ccccc8c7c7c6oc6ccccc67)cc5)cc4)n3)c2)=C1. The van der Waals surface area contributed by atoms with Gasteiger partial charge in [-0.05, 0) is 64.1 Å². The second-order valence-electron chi connectivity index (χ2n) is 14.5. The third-order valence-electron chi connectivity index (χ3n) is 11.0. The summed E-state index contributed by atoms with van der Waals surface area (Å²) in [6, 6.07) is 56.8. The molecule has 10 aromatic rings. The van der Waals surface area contributed by atoms with E-state index in [1.165, 1.54) is 21.9 Å². The van der Waals surface area contributed by atoms with E-state index in [1.54, 1.807) is 0 Å². The molecule has 57 heavy (non-hydrogen) atoms. The Labute approximate surface area is 329 Å². The van der Waals surface area contributed by atoms with Gasteiger partial charge in [0.15, 0.2) is 23.1 Å². The summed E-state index contributed by atoms with van der Waals surface area (Å²) in [7, 11) is 0. The van der Waals surface area contributed by atoms with Gasteiger partial charge in [0.1, 0.15) is 11.3 Å². The summed E-state index contributed by atoms with van der Waals surface area (Å²) < 4.78 is 6.59. The fourth-order valence-corrected chi connectivity index (χ4v) is 8.13. The van der Waals surface area contributed by atoms with Crippen LogP contribution in [0.4, 0.5) is 0 Å². The van der Waals surface area contributed by atoms with Crippen LogP contribution < -0.4 is 0 Å². The van der Waals surface area contributed by atoms with Crippen LogP contribution >= 0.6 is 0 Å². The van der Waals surface area contributed by atoms with Gasteiger partial charge < -0.3 is 4.42 Å². The van der Waals surface area contributed by atoms with Gasteiger partial charge in [-0.15, -0.1) is 0 Å². The lowest BCUT2D eigenvalue weighted by Gasteiger charge is -2.12. The van der Waals surface area contributed by atoms with Crippen molar-refractivity contribution in [1.29, 1.82) is 0 Å². The molecule has 5 heteroatoms. The molecular formula is C52H34N4O. The highest BCUT2D eigenvalue weighted by atomic mass is 16.3. The number of allylic oxidation sites excluding steroid dienone is 4. The predicted molar refractivity (Wildman–Crippen MR) is 233 cm³/mol. The number of aromatic nitrogens is 4. The van der Waals surface area contributed by atoms with Gasteiger partial charge in [-0.25, -0.2) is 19.9 Å². The van der Waals surface area contributed by atoms with Crippen LogP contribution in [0.2, 0.25) is 0 Å². The van der Waals surface area contributed by atoms with E-state index in [0.29, 0.717) is 17.5 Å². The van der Waals surface area contributed by atoms with Crippen LogP contribution in [0.15, 0.2) is 186 Å².